The molecule has 1 fully saturated rings. The molecule has 1 amide bonds. The highest BCUT2D eigenvalue weighted by molar-refractivity contribution is 7.91. The molecule has 1 aromatic carbocycles. The third kappa shape index (κ3) is 3.19. The van der Waals surface area contributed by atoms with Crippen LogP contribution >= 0.6 is 11.3 Å². The van der Waals surface area contributed by atoms with Crippen LogP contribution in [0.3, 0.4) is 0 Å². The Labute approximate surface area is 144 Å². The van der Waals surface area contributed by atoms with Crippen molar-refractivity contribution in [3.8, 4) is 6.07 Å². The number of thiophene rings is 1. The maximum Gasteiger partial charge on any atom is 0.253 e. The first-order chi connectivity index (χ1) is 11.5. The minimum absolute atomic E-state index is 0.180. The predicted octanol–water partition coefficient (Wildman–Crippen LogP) is 1.77. The standard InChI is InChI=1S/C16H15N3O3S2/c17-12-13-3-1-4-14(11-13)16(20)18-6-8-19(9-7-18)24(21,22)15-5-2-10-23-15/h1-5,10-11H,6-9H2. The van der Waals surface area contributed by atoms with Gasteiger partial charge in [-0.3, -0.25) is 4.79 Å². The molecule has 0 bridgehead atoms. The lowest BCUT2D eigenvalue weighted by Crippen LogP contribution is -2.50. The first-order valence-electron chi connectivity index (χ1n) is 7.35. The summed E-state index contributed by atoms with van der Waals surface area (Å²) in [7, 11) is -3.47. The van der Waals surface area contributed by atoms with E-state index < -0.39 is 10.0 Å². The quantitative estimate of drug-likeness (QED) is 0.834. The van der Waals surface area contributed by atoms with Gasteiger partial charge < -0.3 is 4.90 Å². The highest BCUT2D eigenvalue weighted by Gasteiger charge is 2.30. The van der Waals surface area contributed by atoms with Crippen molar-refractivity contribution < 1.29 is 13.2 Å². The van der Waals surface area contributed by atoms with Crippen molar-refractivity contribution in [2.45, 2.75) is 4.21 Å². The van der Waals surface area contributed by atoms with Crippen LogP contribution in [0.5, 0.6) is 0 Å². The zero-order valence-electron chi connectivity index (χ0n) is 12.8. The molecule has 0 N–H and O–H groups in total. The molecule has 0 radical (unpaired) electrons. The van der Waals surface area contributed by atoms with Crippen LogP contribution < -0.4 is 0 Å². The maximum atomic E-state index is 12.5. The third-order valence-electron chi connectivity index (χ3n) is 3.85. The van der Waals surface area contributed by atoms with E-state index in [2.05, 4.69) is 0 Å². The van der Waals surface area contributed by atoms with Gasteiger partial charge in [-0.25, -0.2) is 8.42 Å². The molecule has 8 heteroatoms. The van der Waals surface area contributed by atoms with Gasteiger partial charge in [0.2, 0.25) is 0 Å². The Hall–Kier alpha value is -2.21. The molecule has 0 atom stereocenters. The Morgan fingerprint density at radius 3 is 2.50 bits per heavy atom. The summed E-state index contributed by atoms with van der Waals surface area (Å²) in [6, 6.07) is 11.8. The molecule has 1 aliphatic heterocycles. The molecule has 2 aromatic rings. The van der Waals surface area contributed by atoms with E-state index in [0.717, 1.165) is 0 Å². The second-order valence-corrected chi connectivity index (χ2v) is 8.43. The van der Waals surface area contributed by atoms with Gasteiger partial charge in [-0.05, 0) is 29.6 Å². The summed E-state index contributed by atoms with van der Waals surface area (Å²) in [6.45, 7) is 1.20. The number of carbonyl (C=O) groups excluding carboxylic acids is 1. The van der Waals surface area contributed by atoms with Crippen LogP contribution in [0.25, 0.3) is 0 Å². The molecule has 124 valence electrons. The molecular weight excluding hydrogens is 346 g/mol. The fourth-order valence-electron chi connectivity index (χ4n) is 2.57. The van der Waals surface area contributed by atoms with Crippen molar-refractivity contribution in [3.05, 3.63) is 52.9 Å². The molecule has 0 saturated carbocycles. The van der Waals surface area contributed by atoms with Gasteiger partial charge in [0, 0.05) is 31.7 Å². The lowest BCUT2D eigenvalue weighted by molar-refractivity contribution is 0.0698. The topological polar surface area (TPSA) is 81.5 Å². The van der Waals surface area contributed by atoms with Crippen molar-refractivity contribution in [1.29, 1.82) is 5.26 Å². The molecule has 24 heavy (non-hydrogen) atoms. The molecule has 0 aliphatic carbocycles. The molecule has 1 saturated heterocycles. The van der Waals surface area contributed by atoms with Crippen molar-refractivity contribution in [1.82, 2.24) is 9.21 Å². The van der Waals surface area contributed by atoms with Crippen LogP contribution in [0.15, 0.2) is 46.0 Å². The van der Waals surface area contributed by atoms with E-state index in [-0.39, 0.29) is 19.0 Å². The smallest absolute Gasteiger partial charge is 0.253 e. The summed E-state index contributed by atoms with van der Waals surface area (Å²) in [5.41, 5.74) is 0.878. The monoisotopic (exact) mass is 361 g/mol. The number of piperazine rings is 1. The molecule has 6 nitrogen and oxygen atoms in total. The number of nitrogens with zero attached hydrogens (tertiary/aromatic N) is 3. The minimum Gasteiger partial charge on any atom is -0.336 e. The van der Waals surface area contributed by atoms with Crippen LogP contribution in [-0.2, 0) is 10.0 Å². The highest BCUT2D eigenvalue weighted by Crippen LogP contribution is 2.22. The summed E-state index contributed by atoms with van der Waals surface area (Å²) >= 11 is 1.19. The molecular formula is C16H15N3O3S2. The molecule has 1 aliphatic rings. The predicted molar refractivity (Wildman–Crippen MR) is 90.1 cm³/mol. The Morgan fingerprint density at radius 1 is 1.12 bits per heavy atom. The normalized spacial score (nSPS) is 15.9. The van der Waals surface area contributed by atoms with Gasteiger partial charge in [-0.15, -0.1) is 11.3 Å². The summed E-state index contributed by atoms with van der Waals surface area (Å²) in [6.07, 6.45) is 0. The van der Waals surface area contributed by atoms with E-state index in [4.69, 9.17) is 5.26 Å². The van der Waals surface area contributed by atoms with Crippen LogP contribution in [0, 0.1) is 11.3 Å². The lowest BCUT2D eigenvalue weighted by atomic mass is 10.1. The van der Waals surface area contributed by atoms with Gasteiger partial charge in [-0.2, -0.15) is 9.57 Å². The Bertz CT molecular complexity index is 878. The van der Waals surface area contributed by atoms with Crippen molar-refractivity contribution in [2.75, 3.05) is 26.2 Å². The number of sulfonamides is 1. The molecule has 3 rings (SSSR count). The zero-order valence-corrected chi connectivity index (χ0v) is 14.4. The van der Waals surface area contributed by atoms with E-state index in [1.54, 1.807) is 46.7 Å². The number of carbonyl (C=O) groups is 1. The molecule has 0 unspecified atom stereocenters. The number of amides is 1. The molecule has 1 aromatic heterocycles. The zero-order chi connectivity index (χ0) is 17.2. The van der Waals surface area contributed by atoms with Crippen molar-refractivity contribution >= 4 is 27.3 Å². The van der Waals surface area contributed by atoms with Crippen molar-refractivity contribution in [3.63, 3.8) is 0 Å². The second-order valence-electron chi connectivity index (χ2n) is 5.32. The van der Waals surface area contributed by atoms with Crippen LogP contribution in [-0.4, -0.2) is 49.7 Å². The first-order valence-corrected chi connectivity index (χ1v) is 9.67. The second kappa shape index (κ2) is 6.73. The largest absolute Gasteiger partial charge is 0.336 e. The number of benzene rings is 1. The number of rotatable bonds is 3. The van der Waals surface area contributed by atoms with Gasteiger partial charge in [0.1, 0.15) is 4.21 Å². The average molecular weight is 361 g/mol. The summed E-state index contributed by atoms with van der Waals surface area (Å²) < 4.78 is 26.7. The van der Waals surface area contributed by atoms with Gasteiger partial charge in [-0.1, -0.05) is 12.1 Å². The summed E-state index contributed by atoms with van der Waals surface area (Å²) in [5, 5.41) is 10.7. The van der Waals surface area contributed by atoms with Gasteiger partial charge >= 0.3 is 0 Å². The van der Waals surface area contributed by atoms with E-state index >= 15 is 0 Å². The Morgan fingerprint density at radius 2 is 1.88 bits per heavy atom. The van der Waals surface area contributed by atoms with E-state index in [9.17, 15) is 13.2 Å². The van der Waals surface area contributed by atoms with Crippen LogP contribution in [0.4, 0.5) is 0 Å². The van der Waals surface area contributed by atoms with E-state index in [0.29, 0.717) is 28.4 Å². The van der Waals surface area contributed by atoms with E-state index in [1.165, 1.54) is 15.6 Å². The number of hydrogen-bond acceptors (Lipinski definition) is 5. The van der Waals surface area contributed by atoms with Crippen LogP contribution in [0.2, 0.25) is 0 Å². The fraction of sp³-hybridized carbons (Fsp3) is 0.250. The summed E-state index contributed by atoms with van der Waals surface area (Å²) in [5.74, 6) is -0.180. The fourth-order valence-corrected chi connectivity index (χ4v) is 5.14. The minimum atomic E-state index is -3.47. The Kier molecular flexibility index (Phi) is 4.66. The third-order valence-corrected chi connectivity index (χ3v) is 7.13. The first kappa shape index (κ1) is 16.6. The molecule has 2 heterocycles. The Balaban J connectivity index is 1.69. The van der Waals surface area contributed by atoms with Gasteiger partial charge in [0.05, 0.1) is 11.6 Å². The summed E-state index contributed by atoms with van der Waals surface area (Å²) in [4.78, 5) is 14.1. The highest BCUT2D eigenvalue weighted by atomic mass is 32.2. The van der Waals surface area contributed by atoms with Gasteiger partial charge in [0.15, 0.2) is 0 Å². The van der Waals surface area contributed by atoms with Gasteiger partial charge in [0.25, 0.3) is 15.9 Å². The van der Waals surface area contributed by atoms with Crippen molar-refractivity contribution in [2.24, 2.45) is 0 Å². The average Bonchev–Trinajstić information content (AvgIpc) is 3.17. The number of hydrogen-bond donors (Lipinski definition) is 0. The molecule has 0 spiro atoms. The maximum absolute atomic E-state index is 12.5. The van der Waals surface area contributed by atoms with Crippen LogP contribution in [0.1, 0.15) is 15.9 Å². The SMILES string of the molecule is N#Cc1cccc(C(=O)N2CCN(S(=O)(=O)c3cccs3)CC2)c1. The van der Waals surface area contributed by atoms with E-state index in [1.807, 2.05) is 6.07 Å². The number of nitriles is 1. The lowest BCUT2D eigenvalue weighted by Gasteiger charge is -2.33.